The minimum atomic E-state index is -1.64. The van der Waals surface area contributed by atoms with Crippen molar-refractivity contribution in [1.29, 1.82) is 0 Å². The van der Waals surface area contributed by atoms with Gasteiger partial charge < -0.3 is 4.57 Å². The van der Waals surface area contributed by atoms with Crippen LogP contribution >= 0.6 is 12.2 Å². The number of thiocarbonyl (C=S) groups is 1. The van der Waals surface area contributed by atoms with E-state index in [1.165, 1.54) is 46.1 Å². The normalized spacial score (nSPS) is 15.0. The highest BCUT2D eigenvalue weighted by Gasteiger charge is 2.45. The van der Waals surface area contributed by atoms with Crippen molar-refractivity contribution in [2.24, 2.45) is 0 Å². The van der Waals surface area contributed by atoms with Gasteiger partial charge in [0.25, 0.3) is 0 Å². The summed E-state index contributed by atoms with van der Waals surface area (Å²) in [6.45, 7) is 2.91. The van der Waals surface area contributed by atoms with Gasteiger partial charge >= 0.3 is 0 Å². The van der Waals surface area contributed by atoms with Crippen molar-refractivity contribution in [2.45, 2.75) is 49.6 Å². The van der Waals surface area contributed by atoms with Gasteiger partial charge in [0, 0.05) is 23.7 Å². The molecule has 0 bridgehead atoms. The van der Waals surface area contributed by atoms with Crippen LogP contribution in [0.4, 0.5) is 0 Å². The molecule has 0 amide bonds. The van der Waals surface area contributed by atoms with Crippen molar-refractivity contribution in [3.8, 4) is 0 Å². The van der Waals surface area contributed by atoms with E-state index in [9.17, 15) is 0 Å². The third kappa shape index (κ3) is 6.95. The molecular weight excluding hydrogens is 579 g/mol. The van der Waals surface area contributed by atoms with Crippen LogP contribution in [0.15, 0.2) is 163 Å². The molecule has 5 heteroatoms. The van der Waals surface area contributed by atoms with E-state index >= 15 is 0 Å². The maximum Gasteiger partial charge on any atom is 0.212 e. The van der Waals surface area contributed by atoms with Crippen LogP contribution in [0, 0.1) is 0 Å². The van der Waals surface area contributed by atoms with Gasteiger partial charge in [-0.25, -0.2) is 4.98 Å². The molecule has 2 nitrogen and oxygen atoms in total. The molecule has 2 aliphatic carbocycles. The second-order valence-electron chi connectivity index (χ2n) is 12.2. The number of aromatic nitrogens is 2. The highest BCUT2D eigenvalue weighted by molar-refractivity contribution is 7.80. The Morgan fingerprint density at radius 1 is 0.800 bits per heavy atom. The van der Waals surface area contributed by atoms with Crippen molar-refractivity contribution >= 4 is 43.5 Å². The van der Waals surface area contributed by atoms with Gasteiger partial charge in [-0.15, -0.1) is 0 Å². The monoisotopic (exact) mass is 620 g/mol. The first kappa shape index (κ1) is 30.9. The number of benzene rings is 4. The molecule has 224 valence electrons. The Bertz CT molecular complexity index is 1620. The fourth-order valence-corrected chi connectivity index (χ4v) is 11.7. The Labute approximate surface area is 276 Å². The lowest BCUT2D eigenvalue weighted by atomic mass is 9.37. The highest BCUT2D eigenvalue weighted by atomic mass is 32.1. The highest BCUT2D eigenvalue weighted by Crippen LogP contribution is 2.42. The average molecular weight is 621 g/mol. The molecule has 7 rings (SSSR count). The summed E-state index contributed by atoms with van der Waals surface area (Å²) in [5, 5.41) is 1.17. The molecule has 0 aliphatic heterocycles. The fourth-order valence-electron chi connectivity index (χ4n) is 7.11. The molecule has 1 aromatic heterocycles. The van der Waals surface area contributed by atoms with Gasteiger partial charge in [0.15, 0.2) is 0 Å². The smallest absolute Gasteiger partial charge is 0.212 e. The molecule has 4 aromatic carbocycles. The minimum Gasteiger partial charge on any atom is -0.326 e. The van der Waals surface area contributed by atoms with Gasteiger partial charge in [0.05, 0.1) is 11.5 Å². The van der Waals surface area contributed by atoms with Crippen molar-refractivity contribution in [3.05, 3.63) is 175 Å². The second-order valence-corrected chi connectivity index (χ2v) is 15.9. The van der Waals surface area contributed by atoms with E-state index in [0.29, 0.717) is 6.71 Å². The Morgan fingerprint density at radius 3 is 1.78 bits per heavy atom. The topological polar surface area (TPSA) is 17.8 Å². The van der Waals surface area contributed by atoms with Gasteiger partial charge in [0.1, 0.15) is 8.80 Å². The summed E-state index contributed by atoms with van der Waals surface area (Å²) in [6.07, 6.45) is 17.6. The van der Waals surface area contributed by atoms with E-state index in [-0.39, 0.29) is 5.16 Å². The van der Waals surface area contributed by atoms with Gasteiger partial charge in [-0.3, -0.25) is 0 Å². The minimum absolute atomic E-state index is 0.266. The largest absolute Gasteiger partial charge is 0.326 e. The summed E-state index contributed by atoms with van der Waals surface area (Å²) in [5.41, 5.74) is 5.58. The Morgan fingerprint density at radius 2 is 1.33 bits per heavy atom. The Balaban J connectivity index is 0.000000187. The Kier molecular flexibility index (Phi) is 10.2. The SMILES string of the molecule is CCC[SiH](C1=CC(=S)CC=C1)C(c1ccccc1)(c1ccccc1)n1ccnc1.c1ccc(B(c2ccccc2)C2CC2)cc1. The van der Waals surface area contributed by atoms with E-state index in [1.54, 1.807) is 0 Å². The van der Waals surface area contributed by atoms with Crippen LogP contribution in [-0.2, 0) is 5.16 Å². The van der Waals surface area contributed by atoms with E-state index in [2.05, 4.69) is 162 Å². The number of allylic oxidation sites excluding steroid dienone is 4. The lowest BCUT2D eigenvalue weighted by Crippen LogP contribution is -2.51. The molecule has 1 atom stereocenters. The van der Waals surface area contributed by atoms with Gasteiger partial charge in [-0.05, 0) is 17.2 Å². The molecule has 0 spiro atoms. The van der Waals surface area contributed by atoms with Gasteiger partial charge in [-0.2, -0.15) is 0 Å². The summed E-state index contributed by atoms with van der Waals surface area (Å²) >= 11 is 5.62. The third-order valence-electron chi connectivity index (χ3n) is 9.19. The number of rotatable bonds is 10. The van der Waals surface area contributed by atoms with Crippen LogP contribution in [-0.4, -0.2) is 29.9 Å². The number of nitrogens with zero attached hydrogens (tertiary/aromatic N) is 2. The maximum atomic E-state index is 5.62. The standard InChI is InChI=1S/C25H26N2SSi.C15H15B/c1-2-18-29(24-15-9-14-23(28)19-24)25(27-17-16-26-20-27,21-10-5-3-6-11-21)22-12-7-4-8-13-22;1-3-7-13(8-4-1)16(15-11-12-15)14-9-5-2-6-10-14/h3-13,15-17,19-20,29H,2,14,18H2,1H3;1-10,15H,11-12H2. The molecule has 5 aromatic rings. The zero-order chi connectivity index (χ0) is 30.9. The third-order valence-corrected chi connectivity index (χ3v) is 13.8. The maximum absolute atomic E-state index is 5.62. The molecule has 0 saturated heterocycles. The predicted octanol–water partition coefficient (Wildman–Crippen LogP) is 8.11. The van der Waals surface area contributed by atoms with E-state index in [4.69, 9.17) is 12.2 Å². The lowest BCUT2D eigenvalue weighted by molar-refractivity contribution is 0.580. The first-order valence-electron chi connectivity index (χ1n) is 16.3. The van der Waals surface area contributed by atoms with Gasteiger partial charge in [-0.1, -0.05) is 200 Å². The molecule has 0 N–H and O–H groups in total. The molecule has 1 fully saturated rings. The summed E-state index contributed by atoms with van der Waals surface area (Å²) in [5.74, 6) is 0.866. The fraction of sp³-hybridized carbons (Fsp3) is 0.200. The Hall–Kier alpha value is -4.06. The van der Waals surface area contributed by atoms with Crippen LogP contribution in [0.25, 0.3) is 0 Å². The molecule has 2 aliphatic rings. The number of hydrogen-bond acceptors (Lipinski definition) is 2. The van der Waals surface area contributed by atoms with Crippen molar-refractivity contribution < 1.29 is 0 Å². The lowest BCUT2D eigenvalue weighted by Gasteiger charge is -2.43. The first-order valence-corrected chi connectivity index (χ1v) is 18.7. The molecular formula is C40H41BN2SSi. The molecule has 0 radical (unpaired) electrons. The van der Waals surface area contributed by atoms with Crippen molar-refractivity contribution in [3.63, 3.8) is 0 Å². The van der Waals surface area contributed by atoms with E-state index < -0.39 is 8.80 Å². The quantitative estimate of drug-likeness (QED) is 0.116. The van der Waals surface area contributed by atoms with Crippen LogP contribution in [0.2, 0.25) is 11.9 Å². The van der Waals surface area contributed by atoms with Crippen LogP contribution < -0.4 is 10.9 Å². The van der Waals surface area contributed by atoms with Crippen LogP contribution in [0.1, 0.15) is 43.7 Å². The first-order chi connectivity index (χ1) is 22.2. The summed E-state index contributed by atoms with van der Waals surface area (Å²) in [4.78, 5) is 5.50. The zero-order valence-corrected chi connectivity index (χ0v) is 28.1. The molecule has 45 heavy (non-hydrogen) atoms. The van der Waals surface area contributed by atoms with Crippen molar-refractivity contribution in [1.82, 2.24) is 9.55 Å². The molecule has 1 heterocycles. The van der Waals surface area contributed by atoms with Crippen molar-refractivity contribution in [2.75, 3.05) is 0 Å². The summed E-state index contributed by atoms with van der Waals surface area (Å²) < 4.78 is 2.34. The summed E-state index contributed by atoms with van der Waals surface area (Å²) in [6, 6.07) is 44.9. The van der Waals surface area contributed by atoms with Crippen LogP contribution in [0.3, 0.4) is 0 Å². The predicted molar refractivity (Wildman–Crippen MR) is 199 cm³/mol. The summed E-state index contributed by atoms with van der Waals surface area (Å²) in [7, 11) is -1.64. The van der Waals surface area contributed by atoms with Crippen LogP contribution in [0.5, 0.6) is 0 Å². The zero-order valence-electron chi connectivity index (χ0n) is 26.1. The van der Waals surface area contributed by atoms with E-state index in [1.807, 2.05) is 12.5 Å². The number of hydrogen-bond donors (Lipinski definition) is 0. The van der Waals surface area contributed by atoms with E-state index in [0.717, 1.165) is 23.5 Å². The number of imidazole rings is 1. The van der Waals surface area contributed by atoms with Gasteiger partial charge in [0.2, 0.25) is 6.71 Å². The second kappa shape index (κ2) is 14.8. The molecule has 1 unspecified atom stereocenters. The molecule has 1 saturated carbocycles. The average Bonchev–Trinajstić information content (AvgIpc) is 3.78.